The van der Waals surface area contributed by atoms with Gasteiger partial charge >= 0.3 is 0 Å². The maximum absolute atomic E-state index is 12.3. The average molecular weight is 266 g/mol. The predicted octanol–water partition coefficient (Wildman–Crippen LogP) is 4.37. The van der Waals surface area contributed by atoms with Crippen molar-refractivity contribution in [1.82, 2.24) is 0 Å². The van der Waals surface area contributed by atoms with Gasteiger partial charge in [0.1, 0.15) is 5.75 Å². The van der Waals surface area contributed by atoms with Crippen molar-refractivity contribution in [3.05, 3.63) is 71.8 Å². The van der Waals surface area contributed by atoms with Crippen molar-refractivity contribution in [1.29, 1.82) is 0 Å². The fourth-order valence-electron chi connectivity index (χ4n) is 1.85. The molecule has 0 atom stereocenters. The fraction of sp³-hybridized carbons (Fsp3) is 0.167. The first-order chi connectivity index (χ1) is 9.66. The quantitative estimate of drug-likeness (QED) is 0.593. The molecule has 2 nitrogen and oxygen atoms in total. The number of hydrogen-bond acceptors (Lipinski definition) is 2. The van der Waals surface area contributed by atoms with Crippen LogP contribution in [0.1, 0.15) is 29.8 Å². The SMILES string of the molecule is CC(C)Oc1ccccc1C(=O)C=Cc1ccccc1. The zero-order valence-electron chi connectivity index (χ0n) is 11.7. The van der Waals surface area contributed by atoms with Gasteiger partial charge in [0.05, 0.1) is 11.7 Å². The van der Waals surface area contributed by atoms with Crippen LogP contribution in [0.2, 0.25) is 0 Å². The lowest BCUT2D eigenvalue weighted by Gasteiger charge is -2.12. The van der Waals surface area contributed by atoms with Gasteiger partial charge in [0.2, 0.25) is 0 Å². The van der Waals surface area contributed by atoms with Gasteiger partial charge < -0.3 is 4.74 Å². The second-order valence-corrected chi connectivity index (χ2v) is 4.77. The second kappa shape index (κ2) is 6.71. The van der Waals surface area contributed by atoms with E-state index in [1.165, 1.54) is 0 Å². The number of carbonyl (C=O) groups excluding carboxylic acids is 1. The molecule has 0 aromatic heterocycles. The molecule has 0 unspecified atom stereocenters. The largest absolute Gasteiger partial charge is 0.490 e. The van der Waals surface area contributed by atoms with E-state index in [9.17, 15) is 4.79 Å². The maximum atomic E-state index is 12.3. The van der Waals surface area contributed by atoms with Crippen LogP contribution < -0.4 is 4.74 Å². The minimum absolute atomic E-state index is 0.0436. The molecule has 0 saturated heterocycles. The van der Waals surface area contributed by atoms with Crippen LogP contribution in [-0.4, -0.2) is 11.9 Å². The molecule has 0 fully saturated rings. The van der Waals surface area contributed by atoms with E-state index in [1.807, 2.05) is 68.5 Å². The first kappa shape index (κ1) is 14.1. The Bertz CT molecular complexity index is 598. The molecule has 2 aromatic carbocycles. The van der Waals surface area contributed by atoms with Gasteiger partial charge in [-0.3, -0.25) is 4.79 Å². The van der Waals surface area contributed by atoms with Crippen molar-refractivity contribution in [2.24, 2.45) is 0 Å². The molecule has 0 bridgehead atoms. The van der Waals surface area contributed by atoms with Crippen LogP contribution in [0.15, 0.2) is 60.7 Å². The predicted molar refractivity (Wildman–Crippen MR) is 82.0 cm³/mol. The Morgan fingerprint density at radius 1 is 1.00 bits per heavy atom. The number of carbonyl (C=O) groups is 1. The van der Waals surface area contributed by atoms with Crippen LogP contribution in [0, 0.1) is 0 Å². The number of ether oxygens (including phenoxy) is 1. The minimum atomic E-state index is -0.0508. The van der Waals surface area contributed by atoms with Gasteiger partial charge in [0, 0.05) is 0 Å². The van der Waals surface area contributed by atoms with Crippen LogP contribution in [0.3, 0.4) is 0 Å². The normalized spacial score (nSPS) is 10.9. The number of rotatable bonds is 5. The molecule has 0 amide bonds. The molecular weight excluding hydrogens is 248 g/mol. The van der Waals surface area contributed by atoms with E-state index < -0.39 is 0 Å². The van der Waals surface area contributed by atoms with Gasteiger partial charge in [-0.05, 0) is 37.6 Å². The summed E-state index contributed by atoms with van der Waals surface area (Å²) in [5.74, 6) is 0.579. The molecule has 0 radical (unpaired) electrons. The van der Waals surface area contributed by atoms with E-state index in [4.69, 9.17) is 4.74 Å². The first-order valence-corrected chi connectivity index (χ1v) is 6.70. The number of para-hydroxylation sites is 1. The number of benzene rings is 2. The highest BCUT2D eigenvalue weighted by molar-refractivity contribution is 6.08. The highest BCUT2D eigenvalue weighted by Crippen LogP contribution is 2.20. The topological polar surface area (TPSA) is 26.3 Å². The average Bonchev–Trinajstić information content (AvgIpc) is 2.46. The zero-order valence-corrected chi connectivity index (χ0v) is 11.7. The summed E-state index contributed by atoms with van der Waals surface area (Å²) in [5.41, 5.74) is 1.59. The lowest BCUT2D eigenvalue weighted by atomic mass is 10.1. The Kier molecular flexibility index (Phi) is 4.72. The van der Waals surface area contributed by atoms with Gasteiger partial charge in [-0.25, -0.2) is 0 Å². The third kappa shape index (κ3) is 3.82. The summed E-state index contributed by atoms with van der Waals surface area (Å²) in [4.78, 5) is 12.3. The molecule has 0 heterocycles. The number of allylic oxidation sites excluding steroid dienone is 1. The summed E-state index contributed by atoms with van der Waals surface area (Å²) in [6.45, 7) is 3.89. The lowest BCUT2D eigenvalue weighted by Crippen LogP contribution is -2.09. The van der Waals surface area contributed by atoms with Crippen LogP contribution in [0.4, 0.5) is 0 Å². The molecule has 102 valence electrons. The molecule has 0 spiro atoms. The summed E-state index contributed by atoms with van der Waals surface area (Å²) in [7, 11) is 0. The van der Waals surface area contributed by atoms with E-state index in [0.29, 0.717) is 11.3 Å². The maximum Gasteiger partial charge on any atom is 0.189 e. The van der Waals surface area contributed by atoms with Crippen molar-refractivity contribution in [3.63, 3.8) is 0 Å². The Balaban J connectivity index is 2.19. The van der Waals surface area contributed by atoms with E-state index >= 15 is 0 Å². The van der Waals surface area contributed by atoms with Gasteiger partial charge in [-0.1, -0.05) is 48.5 Å². The van der Waals surface area contributed by atoms with E-state index in [0.717, 1.165) is 5.56 Å². The molecule has 2 aromatic rings. The van der Waals surface area contributed by atoms with E-state index in [1.54, 1.807) is 12.1 Å². The lowest BCUT2D eigenvalue weighted by molar-refractivity contribution is 0.104. The zero-order chi connectivity index (χ0) is 14.4. The van der Waals surface area contributed by atoms with E-state index in [-0.39, 0.29) is 11.9 Å². The van der Waals surface area contributed by atoms with E-state index in [2.05, 4.69) is 0 Å². The van der Waals surface area contributed by atoms with Crippen LogP contribution in [0.5, 0.6) is 5.75 Å². The smallest absolute Gasteiger partial charge is 0.189 e. The number of hydrogen-bond donors (Lipinski definition) is 0. The Morgan fingerprint density at radius 2 is 1.65 bits per heavy atom. The summed E-state index contributed by atoms with van der Waals surface area (Å²) in [6, 6.07) is 17.1. The number of ketones is 1. The van der Waals surface area contributed by atoms with Crippen molar-refractivity contribution in [2.75, 3.05) is 0 Å². The van der Waals surface area contributed by atoms with Crippen LogP contribution >= 0.6 is 0 Å². The molecule has 20 heavy (non-hydrogen) atoms. The third-order valence-corrected chi connectivity index (χ3v) is 2.74. The minimum Gasteiger partial charge on any atom is -0.490 e. The van der Waals surface area contributed by atoms with Gasteiger partial charge in [-0.2, -0.15) is 0 Å². The highest BCUT2D eigenvalue weighted by Gasteiger charge is 2.10. The Morgan fingerprint density at radius 3 is 2.35 bits per heavy atom. The van der Waals surface area contributed by atoms with Crippen molar-refractivity contribution in [3.8, 4) is 5.75 Å². The molecular formula is C18H18O2. The summed E-state index contributed by atoms with van der Waals surface area (Å²) < 4.78 is 5.66. The summed E-state index contributed by atoms with van der Waals surface area (Å²) >= 11 is 0. The fourth-order valence-corrected chi connectivity index (χ4v) is 1.85. The summed E-state index contributed by atoms with van der Waals surface area (Å²) in [6.07, 6.45) is 3.44. The molecule has 0 saturated carbocycles. The standard InChI is InChI=1S/C18H18O2/c1-14(2)20-18-11-7-6-10-16(18)17(19)13-12-15-8-4-3-5-9-15/h3-14H,1-2H3. The molecule has 0 aliphatic heterocycles. The van der Waals surface area contributed by atoms with Crippen LogP contribution in [-0.2, 0) is 0 Å². The molecule has 0 N–H and O–H groups in total. The third-order valence-electron chi connectivity index (χ3n) is 2.74. The van der Waals surface area contributed by atoms with Gasteiger partial charge in [0.15, 0.2) is 5.78 Å². The monoisotopic (exact) mass is 266 g/mol. The molecule has 2 rings (SSSR count). The van der Waals surface area contributed by atoms with Crippen molar-refractivity contribution >= 4 is 11.9 Å². The molecule has 2 heteroatoms. The van der Waals surface area contributed by atoms with Gasteiger partial charge in [0.25, 0.3) is 0 Å². The first-order valence-electron chi connectivity index (χ1n) is 6.70. The Labute approximate surface area is 119 Å². The molecule has 0 aliphatic rings. The van der Waals surface area contributed by atoms with Crippen molar-refractivity contribution in [2.45, 2.75) is 20.0 Å². The summed E-state index contributed by atoms with van der Waals surface area (Å²) in [5, 5.41) is 0. The second-order valence-electron chi connectivity index (χ2n) is 4.77. The van der Waals surface area contributed by atoms with Crippen LogP contribution in [0.25, 0.3) is 6.08 Å². The van der Waals surface area contributed by atoms with Crippen molar-refractivity contribution < 1.29 is 9.53 Å². The highest BCUT2D eigenvalue weighted by atomic mass is 16.5. The molecule has 0 aliphatic carbocycles. The van der Waals surface area contributed by atoms with Gasteiger partial charge in [-0.15, -0.1) is 0 Å². The Hall–Kier alpha value is -2.35.